The number of benzene rings is 1. The third kappa shape index (κ3) is 3.13. The highest BCUT2D eigenvalue weighted by Crippen LogP contribution is 2.42. The summed E-state index contributed by atoms with van der Waals surface area (Å²) in [5.41, 5.74) is 12.6. The van der Waals surface area contributed by atoms with Crippen LogP contribution in [0.1, 0.15) is 35.9 Å². The minimum atomic E-state index is -0.736. The van der Waals surface area contributed by atoms with Gasteiger partial charge < -0.3 is 21.4 Å². The molecule has 1 amide bonds. The monoisotopic (exact) mass is 356 g/mol. The second kappa shape index (κ2) is 6.77. The zero-order valence-corrected chi connectivity index (χ0v) is 14.6. The number of H-pyrrole nitrogens is 1. The Labute approximate surface area is 150 Å². The van der Waals surface area contributed by atoms with Gasteiger partial charge in [0, 0.05) is 36.7 Å². The fourth-order valence-corrected chi connectivity index (χ4v) is 3.64. The molecule has 2 heterocycles. The number of nitriles is 1. The number of nitrogens with one attached hydrogen (secondary N) is 1. The molecule has 7 nitrogen and oxygen atoms in total. The van der Waals surface area contributed by atoms with Gasteiger partial charge in [-0.1, -0.05) is 6.92 Å². The van der Waals surface area contributed by atoms with Crippen molar-refractivity contribution in [2.24, 2.45) is 16.9 Å². The van der Waals surface area contributed by atoms with E-state index in [0.717, 1.165) is 31.1 Å². The number of aromatic nitrogens is 2. The molecule has 5 N–H and O–H groups in total. The van der Waals surface area contributed by atoms with Crippen LogP contribution in [0, 0.1) is 22.6 Å². The minimum absolute atomic E-state index is 0.0334. The maximum Gasteiger partial charge on any atom is 0.251 e. The van der Waals surface area contributed by atoms with Gasteiger partial charge in [0.25, 0.3) is 5.91 Å². The third-order valence-corrected chi connectivity index (χ3v) is 4.98. The molecule has 1 fully saturated rings. The average molecular weight is 356 g/mol. The molecule has 1 saturated heterocycles. The number of halogens is 1. The lowest BCUT2D eigenvalue weighted by atomic mass is 9.81. The summed E-state index contributed by atoms with van der Waals surface area (Å²) in [5.74, 6) is -0.796. The molecule has 1 aromatic carbocycles. The maximum atomic E-state index is 13.8. The molecule has 8 heteroatoms. The van der Waals surface area contributed by atoms with Crippen molar-refractivity contribution in [2.75, 3.05) is 19.6 Å². The quantitative estimate of drug-likeness (QED) is 0.752. The highest BCUT2D eigenvalue weighted by Gasteiger charge is 2.38. The van der Waals surface area contributed by atoms with Gasteiger partial charge >= 0.3 is 0 Å². The Balaban J connectivity index is 1.98. The molecule has 3 rings (SSSR count). The van der Waals surface area contributed by atoms with Crippen LogP contribution in [0.2, 0.25) is 0 Å². The van der Waals surface area contributed by atoms with Crippen molar-refractivity contribution in [1.29, 1.82) is 5.26 Å². The molecule has 0 spiro atoms. The summed E-state index contributed by atoms with van der Waals surface area (Å²) in [4.78, 5) is 21.4. The van der Waals surface area contributed by atoms with Crippen LogP contribution in [0.15, 0.2) is 18.3 Å². The highest BCUT2D eigenvalue weighted by atomic mass is 19.1. The van der Waals surface area contributed by atoms with Crippen LogP contribution >= 0.6 is 0 Å². The number of primary amides is 1. The molecule has 0 bridgehead atoms. The van der Waals surface area contributed by atoms with Crippen LogP contribution in [0.25, 0.3) is 16.6 Å². The van der Waals surface area contributed by atoms with E-state index in [1.165, 1.54) is 12.3 Å². The smallest absolute Gasteiger partial charge is 0.251 e. The standard InChI is InChI=1S/C18H21FN6O/c1-18(3-6-25(10-18)5-2-4-20)13(9-21)17-23-14-8-11(19)7-12(16(22)26)15(14)24-17/h7-9H,2-3,5-6,10,21H2,1H3,(H2,22,26)(H,23,24). The lowest BCUT2D eigenvalue weighted by molar-refractivity contribution is 0.100. The molecule has 1 aliphatic rings. The first-order chi connectivity index (χ1) is 12.4. The number of hydrogen-bond donors (Lipinski definition) is 3. The Morgan fingerprint density at radius 1 is 1.58 bits per heavy atom. The topological polar surface area (TPSA) is 125 Å². The van der Waals surface area contributed by atoms with Crippen molar-refractivity contribution in [3.63, 3.8) is 0 Å². The molecular weight excluding hydrogens is 335 g/mol. The molecule has 1 atom stereocenters. The molecule has 0 radical (unpaired) electrons. The zero-order valence-electron chi connectivity index (χ0n) is 14.6. The van der Waals surface area contributed by atoms with Crippen molar-refractivity contribution < 1.29 is 9.18 Å². The average Bonchev–Trinajstić information content (AvgIpc) is 3.16. The van der Waals surface area contributed by atoms with Crippen LogP contribution in [0.3, 0.4) is 0 Å². The van der Waals surface area contributed by atoms with Crippen molar-refractivity contribution >= 4 is 22.5 Å². The number of amides is 1. The number of aromatic amines is 1. The largest absolute Gasteiger partial charge is 0.404 e. The van der Waals surface area contributed by atoms with E-state index in [1.54, 1.807) is 0 Å². The van der Waals surface area contributed by atoms with Crippen molar-refractivity contribution in [3.05, 3.63) is 35.5 Å². The van der Waals surface area contributed by atoms with Gasteiger partial charge in [-0.05, 0) is 25.1 Å². The number of carbonyl (C=O) groups excluding carboxylic acids is 1. The number of imidazole rings is 1. The molecule has 136 valence electrons. The number of nitrogens with two attached hydrogens (primary N) is 2. The first kappa shape index (κ1) is 17.9. The molecular formula is C18H21FN6O. The fourth-order valence-electron chi connectivity index (χ4n) is 3.64. The Hall–Kier alpha value is -2.92. The van der Waals surface area contributed by atoms with E-state index < -0.39 is 11.7 Å². The van der Waals surface area contributed by atoms with Crippen LogP contribution in [0.4, 0.5) is 4.39 Å². The molecule has 1 aromatic heterocycles. The number of carbonyl (C=O) groups is 1. The van der Waals surface area contributed by atoms with Gasteiger partial charge in [0.05, 0.1) is 17.1 Å². The van der Waals surface area contributed by atoms with E-state index in [1.807, 2.05) is 0 Å². The Morgan fingerprint density at radius 3 is 3.00 bits per heavy atom. The van der Waals surface area contributed by atoms with Gasteiger partial charge in [0.15, 0.2) is 0 Å². The summed E-state index contributed by atoms with van der Waals surface area (Å²) in [6, 6.07) is 4.52. The number of nitrogens with zero attached hydrogens (tertiary/aromatic N) is 3. The SMILES string of the molecule is CC1(C(=CN)c2nc3c(C(N)=O)cc(F)cc3[nH]2)CCN(CCC#N)C1. The highest BCUT2D eigenvalue weighted by molar-refractivity contribution is 6.04. The second-order valence-electron chi connectivity index (χ2n) is 6.87. The normalized spacial score (nSPS) is 21.2. The predicted octanol–water partition coefficient (Wildman–Crippen LogP) is 1.73. The molecule has 2 aromatic rings. The lowest BCUT2D eigenvalue weighted by Gasteiger charge is -2.26. The van der Waals surface area contributed by atoms with Crippen LogP contribution in [0.5, 0.6) is 0 Å². The molecule has 26 heavy (non-hydrogen) atoms. The summed E-state index contributed by atoms with van der Waals surface area (Å²) < 4.78 is 13.8. The summed E-state index contributed by atoms with van der Waals surface area (Å²) in [7, 11) is 0. The first-order valence-corrected chi connectivity index (χ1v) is 8.39. The van der Waals surface area contributed by atoms with Crippen LogP contribution in [-0.2, 0) is 0 Å². The van der Waals surface area contributed by atoms with E-state index >= 15 is 0 Å². The van der Waals surface area contributed by atoms with E-state index in [4.69, 9.17) is 16.7 Å². The molecule has 1 unspecified atom stereocenters. The Morgan fingerprint density at radius 2 is 2.35 bits per heavy atom. The minimum Gasteiger partial charge on any atom is -0.404 e. The van der Waals surface area contributed by atoms with Crippen LogP contribution in [-0.4, -0.2) is 40.4 Å². The maximum absolute atomic E-state index is 13.8. The number of rotatable bonds is 5. The first-order valence-electron chi connectivity index (χ1n) is 8.39. The summed E-state index contributed by atoms with van der Waals surface area (Å²) >= 11 is 0. The second-order valence-corrected chi connectivity index (χ2v) is 6.87. The van der Waals surface area contributed by atoms with Crippen molar-refractivity contribution in [2.45, 2.75) is 19.8 Å². The van der Waals surface area contributed by atoms with E-state index in [0.29, 0.717) is 29.8 Å². The molecule has 1 aliphatic heterocycles. The summed E-state index contributed by atoms with van der Waals surface area (Å²) in [5, 5.41) is 8.77. The van der Waals surface area contributed by atoms with Gasteiger partial charge in [0.2, 0.25) is 0 Å². The number of hydrogen-bond acceptors (Lipinski definition) is 5. The van der Waals surface area contributed by atoms with Crippen molar-refractivity contribution in [3.8, 4) is 6.07 Å². The molecule has 0 aliphatic carbocycles. The summed E-state index contributed by atoms with van der Waals surface area (Å²) in [6.07, 6.45) is 2.84. The predicted molar refractivity (Wildman–Crippen MR) is 96.1 cm³/mol. The third-order valence-electron chi connectivity index (χ3n) is 4.98. The van der Waals surface area contributed by atoms with Crippen LogP contribution < -0.4 is 11.5 Å². The number of fused-ring (bicyclic) bond motifs is 1. The fraction of sp³-hybridized carbons (Fsp3) is 0.389. The van der Waals surface area contributed by atoms with Gasteiger partial charge in [-0.2, -0.15) is 5.26 Å². The zero-order chi connectivity index (χ0) is 18.9. The number of likely N-dealkylation sites (tertiary alicyclic amines) is 1. The van der Waals surface area contributed by atoms with E-state index in [-0.39, 0.29) is 11.0 Å². The van der Waals surface area contributed by atoms with Crippen molar-refractivity contribution in [1.82, 2.24) is 14.9 Å². The molecule has 0 saturated carbocycles. The van der Waals surface area contributed by atoms with Gasteiger partial charge in [-0.25, -0.2) is 9.37 Å². The Kier molecular flexibility index (Phi) is 4.66. The van der Waals surface area contributed by atoms with E-state index in [9.17, 15) is 9.18 Å². The summed E-state index contributed by atoms with van der Waals surface area (Å²) in [6.45, 7) is 4.39. The van der Waals surface area contributed by atoms with Gasteiger partial charge in [-0.15, -0.1) is 0 Å². The van der Waals surface area contributed by atoms with Gasteiger partial charge in [-0.3, -0.25) is 4.79 Å². The lowest BCUT2D eigenvalue weighted by Crippen LogP contribution is -2.27. The van der Waals surface area contributed by atoms with Gasteiger partial charge in [0.1, 0.15) is 17.2 Å². The Bertz CT molecular complexity index is 928. The van der Waals surface area contributed by atoms with E-state index in [2.05, 4.69) is 27.9 Å².